The predicted molar refractivity (Wildman–Crippen MR) is 96.9 cm³/mol. The van der Waals surface area contributed by atoms with Crippen LogP contribution in [0.3, 0.4) is 0 Å². The molecule has 8 nitrogen and oxygen atoms in total. The van der Waals surface area contributed by atoms with Crippen LogP contribution in [-0.4, -0.2) is 30.0 Å². The largest absolute Gasteiger partial charge is 0.494 e. The van der Waals surface area contributed by atoms with Crippen molar-refractivity contribution in [3.05, 3.63) is 51.6 Å². The summed E-state index contributed by atoms with van der Waals surface area (Å²) in [7, 11) is 0. The zero-order valence-electron chi connectivity index (χ0n) is 14.3. The highest BCUT2D eigenvalue weighted by atomic mass is 32.1. The molecule has 1 aromatic carbocycles. The lowest BCUT2D eigenvalue weighted by molar-refractivity contribution is -0.380. The van der Waals surface area contributed by atoms with Gasteiger partial charge in [0.2, 0.25) is 5.91 Å². The molecule has 26 heavy (non-hydrogen) atoms. The van der Waals surface area contributed by atoms with Gasteiger partial charge in [-0.15, -0.1) is 0 Å². The molecule has 0 saturated carbocycles. The minimum atomic E-state index is -0.715. The predicted octanol–water partition coefficient (Wildman–Crippen LogP) is 3.41. The van der Waals surface area contributed by atoms with Gasteiger partial charge in [-0.3, -0.25) is 14.9 Å². The molecule has 138 valence electrons. The van der Waals surface area contributed by atoms with E-state index in [1.165, 1.54) is 0 Å². The van der Waals surface area contributed by atoms with E-state index in [1.807, 2.05) is 6.92 Å². The molecule has 2 rings (SSSR count). The molecule has 9 heteroatoms. The van der Waals surface area contributed by atoms with Crippen molar-refractivity contribution in [3.8, 4) is 5.75 Å². The van der Waals surface area contributed by atoms with E-state index >= 15 is 0 Å². The SMILES string of the molecule is CCOC(=O)c1cc([N+](=O)[O-])sc1NC(=O)Cc1ccc(OCC)cc1. The van der Waals surface area contributed by atoms with Gasteiger partial charge in [0.1, 0.15) is 16.3 Å². The van der Waals surface area contributed by atoms with E-state index < -0.39 is 16.8 Å². The van der Waals surface area contributed by atoms with Gasteiger partial charge in [-0.25, -0.2) is 4.79 Å². The van der Waals surface area contributed by atoms with Crippen molar-refractivity contribution in [2.24, 2.45) is 0 Å². The van der Waals surface area contributed by atoms with Gasteiger partial charge in [0.15, 0.2) is 0 Å². The van der Waals surface area contributed by atoms with E-state index in [0.29, 0.717) is 12.4 Å². The summed E-state index contributed by atoms with van der Waals surface area (Å²) < 4.78 is 10.2. The normalized spacial score (nSPS) is 10.2. The van der Waals surface area contributed by atoms with Crippen LogP contribution < -0.4 is 10.1 Å². The van der Waals surface area contributed by atoms with Gasteiger partial charge in [0, 0.05) is 6.07 Å². The number of hydrogen-bond acceptors (Lipinski definition) is 7. The molecule has 0 spiro atoms. The summed E-state index contributed by atoms with van der Waals surface area (Å²) in [6.45, 7) is 4.18. The second-order valence-corrected chi connectivity index (χ2v) is 6.14. The number of nitro groups is 1. The van der Waals surface area contributed by atoms with Gasteiger partial charge in [0.05, 0.1) is 24.6 Å². The van der Waals surface area contributed by atoms with Crippen molar-refractivity contribution in [3.63, 3.8) is 0 Å². The number of carbonyl (C=O) groups excluding carboxylic acids is 2. The number of hydrogen-bond donors (Lipinski definition) is 1. The molecule has 0 unspecified atom stereocenters. The number of nitrogens with zero attached hydrogens (tertiary/aromatic N) is 1. The second-order valence-electron chi connectivity index (χ2n) is 5.11. The summed E-state index contributed by atoms with van der Waals surface area (Å²) in [5.41, 5.74) is 0.721. The molecule has 0 aliphatic rings. The Morgan fingerprint density at radius 1 is 1.19 bits per heavy atom. The Hall–Kier alpha value is -2.94. The number of esters is 1. The first-order valence-corrected chi connectivity index (χ1v) is 8.73. The number of thiophene rings is 1. The van der Waals surface area contributed by atoms with Crippen LogP contribution in [0.2, 0.25) is 0 Å². The van der Waals surface area contributed by atoms with Crippen molar-refractivity contribution >= 4 is 33.2 Å². The Bertz CT molecular complexity index is 800. The maximum absolute atomic E-state index is 12.2. The monoisotopic (exact) mass is 378 g/mol. The zero-order chi connectivity index (χ0) is 19.1. The minimum absolute atomic E-state index is 0.0245. The first-order chi connectivity index (χ1) is 12.4. The fourth-order valence-corrected chi connectivity index (χ4v) is 3.03. The van der Waals surface area contributed by atoms with E-state index in [4.69, 9.17) is 9.47 Å². The van der Waals surface area contributed by atoms with Crippen LogP contribution in [0.25, 0.3) is 0 Å². The standard InChI is InChI=1S/C17H18N2O6S/c1-3-24-12-7-5-11(6-8-12)9-14(20)18-16-13(17(21)25-4-2)10-15(26-16)19(22)23/h5-8,10H,3-4,9H2,1-2H3,(H,18,20). The zero-order valence-corrected chi connectivity index (χ0v) is 15.1. The van der Waals surface area contributed by atoms with Crippen LogP contribution in [-0.2, 0) is 16.0 Å². The van der Waals surface area contributed by atoms with E-state index in [0.717, 1.165) is 23.0 Å². The van der Waals surface area contributed by atoms with Crippen LogP contribution in [0.1, 0.15) is 29.8 Å². The highest BCUT2D eigenvalue weighted by Gasteiger charge is 2.24. The Kier molecular flexibility index (Phi) is 6.67. The first-order valence-electron chi connectivity index (χ1n) is 7.91. The molecule has 0 aliphatic heterocycles. The summed E-state index contributed by atoms with van der Waals surface area (Å²) in [5.74, 6) is -0.403. The molecule has 0 atom stereocenters. The van der Waals surface area contributed by atoms with Crippen molar-refractivity contribution < 1.29 is 24.0 Å². The van der Waals surface area contributed by atoms with E-state index in [9.17, 15) is 19.7 Å². The third-order valence-corrected chi connectivity index (χ3v) is 4.25. The Morgan fingerprint density at radius 3 is 2.46 bits per heavy atom. The molecule has 0 aliphatic carbocycles. The lowest BCUT2D eigenvalue weighted by atomic mass is 10.1. The summed E-state index contributed by atoms with van der Waals surface area (Å²) in [4.78, 5) is 34.5. The number of anilines is 1. The highest BCUT2D eigenvalue weighted by molar-refractivity contribution is 7.19. The summed E-state index contributed by atoms with van der Waals surface area (Å²) in [6, 6.07) is 8.13. The number of ether oxygens (including phenoxy) is 2. The Labute approximate surface area is 153 Å². The van der Waals surface area contributed by atoms with E-state index in [2.05, 4.69) is 5.32 Å². The summed E-state index contributed by atoms with van der Waals surface area (Å²) in [6.07, 6.45) is 0.0559. The van der Waals surface area contributed by atoms with Crippen LogP contribution >= 0.6 is 11.3 Å². The maximum Gasteiger partial charge on any atom is 0.341 e. The summed E-state index contributed by atoms with van der Waals surface area (Å²) in [5, 5.41) is 13.4. The number of amides is 1. The Morgan fingerprint density at radius 2 is 1.88 bits per heavy atom. The maximum atomic E-state index is 12.2. The fraction of sp³-hybridized carbons (Fsp3) is 0.294. The third kappa shape index (κ3) is 5.03. The second kappa shape index (κ2) is 8.95. The molecule has 1 aromatic heterocycles. The van der Waals surface area contributed by atoms with Crippen molar-refractivity contribution in [2.45, 2.75) is 20.3 Å². The molecular formula is C17H18N2O6S. The third-order valence-electron chi connectivity index (χ3n) is 3.25. The smallest absolute Gasteiger partial charge is 0.341 e. The number of nitrogens with one attached hydrogen (secondary N) is 1. The van der Waals surface area contributed by atoms with E-state index in [1.54, 1.807) is 31.2 Å². The molecular weight excluding hydrogens is 360 g/mol. The summed E-state index contributed by atoms with van der Waals surface area (Å²) >= 11 is 0.718. The number of benzene rings is 1. The fourth-order valence-electron chi connectivity index (χ4n) is 2.15. The van der Waals surface area contributed by atoms with Crippen LogP contribution in [0.5, 0.6) is 5.75 Å². The number of carbonyl (C=O) groups is 2. The molecule has 1 heterocycles. The molecule has 0 saturated heterocycles. The van der Waals surface area contributed by atoms with Gasteiger partial charge in [0.25, 0.3) is 0 Å². The number of rotatable bonds is 8. The van der Waals surface area contributed by atoms with Crippen molar-refractivity contribution in [1.29, 1.82) is 0 Å². The van der Waals surface area contributed by atoms with Crippen LogP contribution in [0.15, 0.2) is 30.3 Å². The van der Waals surface area contributed by atoms with Gasteiger partial charge >= 0.3 is 11.0 Å². The average molecular weight is 378 g/mol. The topological polar surface area (TPSA) is 108 Å². The molecule has 0 bridgehead atoms. The van der Waals surface area contributed by atoms with Crippen LogP contribution in [0.4, 0.5) is 10.0 Å². The molecule has 0 radical (unpaired) electrons. The molecule has 1 amide bonds. The lowest BCUT2D eigenvalue weighted by Gasteiger charge is -2.07. The van der Waals surface area contributed by atoms with Gasteiger partial charge in [-0.1, -0.05) is 12.1 Å². The van der Waals surface area contributed by atoms with Crippen molar-refractivity contribution in [1.82, 2.24) is 0 Å². The molecule has 1 N–H and O–H groups in total. The molecule has 0 fully saturated rings. The van der Waals surface area contributed by atoms with Gasteiger partial charge in [-0.05, 0) is 42.9 Å². The minimum Gasteiger partial charge on any atom is -0.494 e. The lowest BCUT2D eigenvalue weighted by Crippen LogP contribution is -2.16. The van der Waals surface area contributed by atoms with Gasteiger partial charge < -0.3 is 14.8 Å². The van der Waals surface area contributed by atoms with E-state index in [-0.39, 0.29) is 28.6 Å². The average Bonchev–Trinajstić information content (AvgIpc) is 3.01. The van der Waals surface area contributed by atoms with Crippen LogP contribution in [0, 0.1) is 10.1 Å². The highest BCUT2D eigenvalue weighted by Crippen LogP contribution is 2.34. The quantitative estimate of drug-likeness (QED) is 0.428. The van der Waals surface area contributed by atoms with Gasteiger partial charge in [-0.2, -0.15) is 0 Å². The first kappa shape index (κ1) is 19.4. The Balaban J connectivity index is 2.12. The molecule has 2 aromatic rings. The van der Waals surface area contributed by atoms with Crippen molar-refractivity contribution in [2.75, 3.05) is 18.5 Å².